The summed E-state index contributed by atoms with van der Waals surface area (Å²) in [5.74, 6) is 0.659. The number of amidine groups is 1. The first kappa shape index (κ1) is 14.1. The molecule has 0 unspecified atom stereocenters. The van der Waals surface area contributed by atoms with Gasteiger partial charge in [-0.1, -0.05) is 11.2 Å². The van der Waals surface area contributed by atoms with Gasteiger partial charge in [0, 0.05) is 17.1 Å². The highest BCUT2D eigenvalue weighted by atomic mass is 79.9. The van der Waals surface area contributed by atoms with Crippen LogP contribution in [0.1, 0.15) is 18.4 Å². The number of nitrogens with two attached hydrogens (primary N) is 1. The Morgan fingerprint density at radius 3 is 2.95 bits per heavy atom. The number of hydrogen-bond acceptors (Lipinski definition) is 4. The second kappa shape index (κ2) is 6.25. The van der Waals surface area contributed by atoms with Crippen LogP contribution in [0, 0.1) is 0 Å². The van der Waals surface area contributed by atoms with E-state index in [4.69, 9.17) is 15.7 Å². The Balaban J connectivity index is 2.00. The van der Waals surface area contributed by atoms with Crippen LogP contribution in [0.2, 0.25) is 0 Å². The number of likely N-dealkylation sites (N-methyl/N-ethyl adjacent to an activating group) is 1. The quantitative estimate of drug-likeness (QED) is 0.363. The minimum Gasteiger partial charge on any atom is -0.491 e. The van der Waals surface area contributed by atoms with Crippen molar-refractivity contribution in [1.82, 2.24) is 4.90 Å². The minimum absolute atomic E-state index is 0.0398. The summed E-state index contributed by atoms with van der Waals surface area (Å²) in [6.07, 6.45) is 2.56. The highest BCUT2D eigenvalue weighted by Gasteiger charge is 2.25. The highest BCUT2D eigenvalue weighted by molar-refractivity contribution is 9.10. The summed E-state index contributed by atoms with van der Waals surface area (Å²) < 4.78 is 6.49. The van der Waals surface area contributed by atoms with Gasteiger partial charge in [0.1, 0.15) is 12.4 Å². The Hall–Kier alpha value is -1.27. The molecule has 0 atom stereocenters. The first-order chi connectivity index (χ1) is 9.13. The molecule has 0 heterocycles. The number of ether oxygens (including phenoxy) is 1. The van der Waals surface area contributed by atoms with Crippen molar-refractivity contribution in [3.8, 4) is 5.75 Å². The van der Waals surface area contributed by atoms with E-state index in [2.05, 4.69) is 33.0 Å². The second-order valence-corrected chi connectivity index (χ2v) is 5.51. The summed E-state index contributed by atoms with van der Waals surface area (Å²) in [4.78, 5) is 2.29. The first-order valence-corrected chi connectivity index (χ1v) is 7.02. The average Bonchev–Trinajstić information content (AvgIpc) is 3.22. The molecule has 1 saturated carbocycles. The Kier molecular flexibility index (Phi) is 4.66. The lowest BCUT2D eigenvalue weighted by Crippen LogP contribution is -2.26. The molecular weight excluding hydrogens is 310 g/mol. The molecule has 1 aliphatic rings. The van der Waals surface area contributed by atoms with Gasteiger partial charge in [0.2, 0.25) is 0 Å². The molecule has 104 valence electrons. The van der Waals surface area contributed by atoms with Crippen molar-refractivity contribution in [2.24, 2.45) is 10.9 Å². The molecule has 1 aromatic rings. The van der Waals surface area contributed by atoms with Crippen molar-refractivity contribution in [3.05, 3.63) is 28.2 Å². The number of hydrogen-bond donors (Lipinski definition) is 2. The fourth-order valence-corrected chi connectivity index (χ4v) is 2.47. The Morgan fingerprint density at radius 2 is 2.32 bits per heavy atom. The van der Waals surface area contributed by atoms with E-state index in [0.29, 0.717) is 17.9 Å². The molecule has 0 radical (unpaired) electrons. The molecule has 5 nitrogen and oxygen atoms in total. The minimum atomic E-state index is 0.0398. The highest BCUT2D eigenvalue weighted by Crippen LogP contribution is 2.27. The van der Waals surface area contributed by atoms with E-state index in [1.54, 1.807) is 0 Å². The van der Waals surface area contributed by atoms with E-state index >= 15 is 0 Å². The summed E-state index contributed by atoms with van der Waals surface area (Å²) in [6.45, 7) is 1.45. The zero-order valence-corrected chi connectivity index (χ0v) is 12.4. The monoisotopic (exact) mass is 327 g/mol. The molecule has 2 rings (SSSR count). The van der Waals surface area contributed by atoms with Crippen LogP contribution in [-0.2, 0) is 0 Å². The van der Waals surface area contributed by atoms with E-state index < -0.39 is 0 Å². The van der Waals surface area contributed by atoms with Gasteiger partial charge < -0.3 is 20.6 Å². The van der Waals surface area contributed by atoms with Crippen molar-refractivity contribution in [2.75, 3.05) is 20.2 Å². The normalized spacial score (nSPS) is 15.8. The summed E-state index contributed by atoms with van der Waals surface area (Å²) in [5, 5.41) is 11.8. The third-order valence-electron chi connectivity index (χ3n) is 3.21. The molecule has 0 saturated heterocycles. The van der Waals surface area contributed by atoms with Crippen LogP contribution in [0.5, 0.6) is 5.75 Å². The number of halogens is 1. The maximum atomic E-state index is 8.81. The molecule has 1 fully saturated rings. The van der Waals surface area contributed by atoms with Gasteiger partial charge in [-0.3, -0.25) is 0 Å². The van der Waals surface area contributed by atoms with Crippen LogP contribution < -0.4 is 10.5 Å². The molecule has 3 N–H and O–H groups in total. The number of oxime groups is 1. The molecule has 19 heavy (non-hydrogen) atoms. The molecule has 6 heteroatoms. The van der Waals surface area contributed by atoms with Crippen LogP contribution in [-0.4, -0.2) is 42.2 Å². The van der Waals surface area contributed by atoms with E-state index in [1.165, 1.54) is 12.8 Å². The summed E-state index contributed by atoms with van der Waals surface area (Å²) in [5.41, 5.74) is 6.25. The smallest absolute Gasteiger partial charge is 0.174 e. The average molecular weight is 328 g/mol. The van der Waals surface area contributed by atoms with E-state index in [9.17, 15) is 0 Å². The van der Waals surface area contributed by atoms with E-state index in [0.717, 1.165) is 17.1 Å². The Morgan fingerprint density at radius 1 is 1.58 bits per heavy atom. The molecule has 0 spiro atoms. The maximum Gasteiger partial charge on any atom is 0.174 e. The van der Waals surface area contributed by atoms with Crippen molar-refractivity contribution < 1.29 is 9.94 Å². The van der Waals surface area contributed by atoms with Crippen LogP contribution >= 0.6 is 15.9 Å². The lowest BCUT2D eigenvalue weighted by atomic mass is 10.2. The fourth-order valence-electron chi connectivity index (χ4n) is 1.92. The third kappa shape index (κ3) is 3.61. The summed E-state index contributed by atoms with van der Waals surface area (Å²) in [6, 6.07) is 6.22. The predicted octanol–water partition coefficient (Wildman–Crippen LogP) is 2.02. The van der Waals surface area contributed by atoms with Crippen LogP contribution in [0.25, 0.3) is 0 Å². The van der Waals surface area contributed by atoms with E-state index in [-0.39, 0.29) is 5.84 Å². The molecule has 1 aromatic carbocycles. The van der Waals surface area contributed by atoms with Gasteiger partial charge in [0.15, 0.2) is 5.84 Å². The molecule has 0 aromatic heterocycles. The molecule has 0 aliphatic heterocycles. The van der Waals surface area contributed by atoms with Crippen molar-refractivity contribution in [1.29, 1.82) is 0 Å². The fraction of sp³-hybridized carbons (Fsp3) is 0.462. The summed E-state index contributed by atoms with van der Waals surface area (Å²) in [7, 11) is 2.10. The Labute approximate surface area is 121 Å². The van der Waals surface area contributed by atoms with Gasteiger partial charge >= 0.3 is 0 Å². The standard InChI is InChI=1S/C13H18BrN3O2/c1-17(9-5-6-9)7-8-19-11-4-2-3-10(14)12(11)13(15)16-18/h2-4,9,18H,5-8H2,1H3,(H2,15,16). The maximum absolute atomic E-state index is 8.81. The van der Waals surface area contributed by atoms with Crippen molar-refractivity contribution in [2.45, 2.75) is 18.9 Å². The second-order valence-electron chi connectivity index (χ2n) is 4.66. The lowest BCUT2D eigenvalue weighted by molar-refractivity contribution is 0.231. The van der Waals surface area contributed by atoms with Crippen LogP contribution in [0.4, 0.5) is 0 Å². The topological polar surface area (TPSA) is 71.1 Å². The zero-order valence-electron chi connectivity index (χ0n) is 10.8. The number of rotatable bonds is 6. The largest absolute Gasteiger partial charge is 0.491 e. The van der Waals surface area contributed by atoms with Crippen molar-refractivity contribution >= 4 is 21.8 Å². The SMILES string of the molecule is CN(CCOc1cccc(Br)c1/C(N)=N/O)C1CC1. The predicted molar refractivity (Wildman–Crippen MR) is 77.8 cm³/mol. The van der Waals surface area contributed by atoms with Gasteiger partial charge in [0.25, 0.3) is 0 Å². The third-order valence-corrected chi connectivity index (χ3v) is 3.87. The number of benzene rings is 1. The zero-order chi connectivity index (χ0) is 13.8. The van der Waals surface area contributed by atoms with Crippen LogP contribution in [0.15, 0.2) is 27.8 Å². The van der Waals surface area contributed by atoms with Gasteiger partial charge in [-0.15, -0.1) is 0 Å². The van der Waals surface area contributed by atoms with E-state index in [1.807, 2.05) is 18.2 Å². The molecule has 0 amide bonds. The van der Waals surface area contributed by atoms with Gasteiger partial charge in [0.05, 0.1) is 5.56 Å². The Bertz CT molecular complexity index is 475. The van der Waals surface area contributed by atoms with Gasteiger partial charge in [-0.25, -0.2) is 0 Å². The first-order valence-electron chi connectivity index (χ1n) is 6.23. The molecule has 1 aliphatic carbocycles. The summed E-state index contributed by atoms with van der Waals surface area (Å²) >= 11 is 3.38. The molecule has 0 bridgehead atoms. The van der Waals surface area contributed by atoms with Crippen molar-refractivity contribution in [3.63, 3.8) is 0 Å². The number of nitrogens with zero attached hydrogens (tertiary/aromatic N) is 2. The lowest BCUT2D eigenvalue weighted by Gasteiger charge is -2.17. The molecular formula is C13H18BrN3O2. The van der Waals surface area contributed by atoms with Gasteiger partial charge in [-0.05, 0) is 48.0 Å². The van der Waals surface area contributed by atoms with Gasteiger partial charge in [-0.2, -0.15) is 0 Å². The van der Waals surface area contributed by atoms with Crippen LogP contribution in [0.3, 0.4) is 0 Å².